The smallest absolute Gasteiger partial charge is 0.251 e. The Morgan fingerprint density at radius 1 is 0.763 bits per heavy atom. The largest absolute Gasteiger partial charge is 0.345 e. The van der Waals surface area contributed by atoms with Gasteiger partial charge in [0.25, 0.3) is 5.91 Å². The zero-order chi connectivity index (χ0) is 27.3. The molecule has 7 heteroatoms. The molecular formula is C31H35N3O4. The molecule has 3 amide bonds. The number of benzene rings is 3. The predicted octanol–water partition coefficient (Wildman–Crippen LogP) is 4.07. The molecule has 0 heterocycles. The Morgan fingerprint density at radius 3 is 1.97 bits per heavy atom. The molecule has 3 aromatic rings. The van der Waals surface area contributed by atoms with Gasteiger partial charge in [0.1, 0.15) is 18.4 Å². The minimum atomic E-state index is -0.914. The van der Waals surface area contributed by atoms with Gasteiger partial charge in [0.2, 0.25) is 11.8 Å². The van der Waals surface area contributed by atoms with Crippen molar-refractivity contribution < 1.29 is 19.2 Å². The summed E-state index contributed by atoms with van der Waals surface area (Å²) >= 11 is 0. The Morgan fingerprint density at radius 2 is 1.37 bits per heavy atom. The molecule has 0 radical (unpaired) electrons. The number of carbonyl (C=O) groups excluding carboxylic acids is 4. The first-order chi connectivity index (χ1) is 18.4. The van der Waals surface area contributed by atoms with Crippen molar-refractivity contribution in [3.05, 3.63) is 96.1 Å². The number of nitrogens with one attached hydrogen (secondary N) is 3. The zero-order valence-electron chi connectivity index (χ0n) is 21.9. The van der Waals surface area contributed by atoms with E-state index in [1.54, 1.807) is 31.2 Å². The van der Waals surface area contributed by atoms with E-state index in [2.05, 4.69) is 16.0 Å². The summed E-state index contributed by atoms with van der Waals surface area (Å²) in [4.78, 5) is 50.1. The van der Waals surface area contributed by atoms with Gasteiger partial charge < -0.3 is 20.7 Å². The van der Waals surface area contributed by atoms with Gasteiger partial charge in [-0.2, -0.15) is 0 Å². The Balaban J connectivity index is 1.72. The molecule has 3 N–H and O–H groups in total. The van der Waals surface area contributed by atoms with Crippen molar-refractivity contribution >= 4 is 24.0 Å². The number of hydrogen-bond acceptors (Lipinski definition) is 4. The summed E-state index contributed by atoms with van der Waals surface area (Å²) in [5, 5.41) is 8.19. The third-order valence-electron chi connectivity index (χ3n) is 6.27. The minimum absolute atomic E-state index is 0.237. The first kappa shape index (κ1) is 28.3. The van der Waals surface area contributed by atoms with E-state index in [9.17, 15) is 19.2 Å². The van der Waals surface area contributed by atoms with Crippen LogP contribution in [-0.2, 0) is 20.8 Å². The van der Waals surface area contributed by atoms with Gasteiger partial charge in [0.05, 0.1) is 6.04 Å². The Kier molecular flexibility index (Phi) is 10.8. The van der Waals surface area contributed by atoms with Crippen LogP contribution in [0.15, 0.2) is 84.9 Å². The fourth-order valence-electron chi connectivity index (χ4n) is 4.03. The number of carbonyl (C=O) groups is 4. The van der Waals surface area contributed by atoms with E-state index in [-0.39, 0.29) is 12.3 Å². The van der Waals surface area contributed by atoms with Crippen molar-refractivity contribution in [3.8, 4) is 11.1 Å². The van der Waals surface area contributed by atoms with Crippen LogP contribution in [-0.4, -0.2) is 42.1 Å². The standard InChI is InChI=1S/C31H35N3O4/c1-3-4-15-27(21-35)33-29(36)22(2)32-31(38)28(34-30(37)26-13-9-6-10-14-26)20-23-16-18-25(19-17-23)24-11-7-5-8-12-24/h5-14,16-19,21-22,27-28H,3-4,15,20H2,1-2H3,(H,32,38)(H,33,36)(H,34,37)/t22-,27-,28-/m0/s1. The topological polar surface area (TPSA) is 104 Å². The molecule has 7 nitrogen and oxygen atoms in total. The van der Waals surface area contributed by atoms with Crippen LogP contribution in [0.3, 0.4) is 0 Å². The maximum atomic E-state index is 13.3. The van der Waals surface area contributed by atoms with E-state index in [0.29, 0.717) is 18.3 Å². The van der Waals surface area contributed by atoms with Gasteiger partial charge in [-0.3, -0.25) is 14.4 Å². The molecule has 3 rings (SSSR count). The number of amides is 3. The molecule has 0 saturated carbocycles. The summed E-state index contributed by atoms with van der Waals surface area (Å²) < 4.78 is 0. The molecule has 0 saturated heterocycles. The van der Waals surface area contributed by atoms with Crippen molar-refractivity contribution in [3.63, 3.8) is 0 Å². The third-order valence-corrected chi connectivity index (χ3v) is 6.27. The molecule has 0 bridgehead atoms. The van der Waals surface area contributed by atoms with Gasteiger partial charge >= 0.3 is 0 Å². The van der Waals surface area contributed by atoms with Crippen LogP contribution in [0.5, 0.6) is 0 Å². The van der Waals surface area contributed by atoms with Crippen molar-refractivity contribution in [2.75, 3.05) is 0 Å². The molecule has 0 aromatic heterocycles. The highest BCUT2D eigenvalue weighted by Gasteiger charge is 2.26. The maximum Gasteiger partial charge on any atom is 0.251 e. The predicted molar refractivity (Wildman–Crippen MR) is 148 cm³/mol. The SMILES string of the molecule is CCCC[C@@H](C=O)NC(=O)[C@H](C)NC(=O)[C@H](Cc1ccc(-c2ccccc2)cc1)NC(=O)c1ccccc1. The lowest BCUT2D eigenvalue weighted by Gasteiger charge is -2.22. The van der Waals surface area contributed by atoms with Crippen molar-refractivity contribution in [1.82, 2.24) is 16.0 Å². The van der Waals surface area contributed by atoms with Crippen LogP contribution in [0.1, 0.15) is 49.0 Å². The van der Waals surface area contributed by atoms with Gasteiger partial charge in [-0.15, -0.1) is 0 Å². The summed E-state index contributed by atoms with van der Waals surface area (Å²) in [5.41, 5.74) is 3.41. The van der Waals surface area contributed by atoms with Crippen LogP contribution in [0.25, 0.3) is 11.1 Å². The first-order valence-corrected chi connectivity index (χ1v) is 13.0. The van der Waals surface area contributed by atoms with E-state index >= 15 is 0 Å². The zero-order valence-corrected chi connectivity index (χ0v) is 21.9. The second-order valence-corrected chi connectivity index (χ2v) is 9.28. The average Bonchev–Trinajstić information content (AvgIpc) is 2.95. The maximum absolute atomic E-state index is 13.3. The van der Waals surface area contributed by atoms with E-state index in [1.807, 2.05) is 67.6 Å². The van der Waals surface area contributed by atoms with Crippen LogP contribution in [0, 0.1) is 0 Å². The molecule has 0 spiro atoms. The normalized spacial score (nSPS) is 13.0. The number of hydrogen-bond donors (Lipinski definition) is 3. The van der Waals surface area contributed by atoms with Crippen molar-refractivity contribution in [2.24, 2.45) is 0 Å². The highest BCUT2D eigenvalue weighted by molar-refractivity contribution is 5.98. The molecule has 0 aliphatic heterocycles. The Labute approximate surface area is 224 Å². The van der Waals surface area contributed by atoms with Gasteiger partial charge in [0.15, 0.2) is 0 Å². The summed E-state index contributed by atoms with van der Waals surface area (Å²) in [5.74, 6) is -1.32. The van der Waals surface area contributed by atoms with Crippen LogP contribution in [0.2, 0.25) is 0 Å². The van der Waals surface area contributed by atoms with Gasteiger partial charge in [-0.25, -0.2) is 0 Å². The van der Waals surface area contributed by atoms with E-state index < -0.39 is 29.9 Å². The fraction of sp³-hybridized carbons (Fsp3) is 0.290. The van der Waals surface area contributed by atoms with Crippen LogP contribution < -0.4 is 16.0 Å². The summed E-state index contributed by atoms with van der Waals surface area (Å²) in [6.07, 6.45) is 3.20. The van der Waals surface area contributed by atoms with Crippen LogP contribution in [0.4, 0.5) is 0 Å². The molecule has 0 aliphatic rings. The van der Waals surface area contributed by atoms with E-state index in [1.165, 1.54) is 0 Å². The van der Waals surface area contributed by atoms with Crippen molar-refractivity contribution in [2.45, 2.75) is 57.7 Å². The lowest BCUT2D eigenvalue weighted by atomic mass is 10.00. The lowest BCUT2D eigenvalue weighted by molar-refractivity contribution is -0.130. The van der Waals surface area contributed by atoms with E-state index in [4.69, 9.17) is 0 Å². The highest BCUT2D eigenvalue weighted by atomic mass is 16.2. The molecule has 198 valence electrons. The number of unbranched alkanes of at least 4 members (excludes halogenated alkanes) is 1. The van der Waals surface area contributed by atoms with Crippen molar-refractivity contribution in [1.29, 1.82) is 0 Å². The van der Waals surface area contributed by atoms with E-state index in [0.717, 1.165) is 29.5 Å². The molecule has 3 aromatic carbocycles. The molecule has 38 heavy (non-hydrogen) atoms. The first-order valence-electron chi connectivity index (χ1n) is 13.0. The lowest BCUT2D eigenvalue weighted by Crippen LogP contribution is -2.54. The molecular weight excluding hydrogens is 478 g/mol. The average molecular weight is 514 g/mol. The molecule has 3 atom stereocenters. The quantitative estimate of drug-likeness (QED) is 0.300. The summed E-state index contributed by atoms with van der Waals surface area (Å²) in [7, 11) is 0. The summed E-state index contributed by atoms with van der Waals surface area (Å²) in [6, 6.07) is 24.0. The molecule has 0 unspecified atom stereocenters. The highest BCUT2D eigenvalue weighted by Crippen LogP contribution is 2.20. The van der Waals surface area contributed by atoms with Gasteiger partial charge in [0, 0.05) is 12.0 Å². The number of rotatable bonds is 13. The fourth-order valence-corrected chi connectivity index (χ4v) is 4.03. The Hall–Kier alpha value is -4.26. The monoisotopic (exact) mass is 513 g/mol. The second kappa shape index (κ2) is 14.5. The second-order valence-electron chi connectivity index (χ2n) is 9.28. The molecule has 0 fully saturated rings. The third kappa shape index (κ3) is 8.40. The van der Waals surface area contributed by atoms with Gasteiger partial charge in [-0.1, -0.05) is 92.6 Å². The van der Waals surface area contributed by atoms with Gasteiger partial charge in [-0.05, 0) is 42.2 Å². The summed E-state index contributed by atoms with van der Waals surface area (Å²) in [6.45, 7) is 3.56. The molecule has 0 aliphatic carbocycles. The Bertz CT molecular complexity index is 1200. The number of aldehydes is 1. The van der Waals surface area contributed by atoms with Crippen LogP contribution >= 0.6 is 0 Å². The minimum Gasteiger partial charge on any atom is -0.345 e.